The van der Waals surface area contributed by atoms with Crippen LogP contribution in [0.15, 0.2) is 18.2 Å². The summed E-state index contributed by atoms with van der Waals surface area (Å²) in [5.41, 5.74) is 4.61. The van der Waals surface area contributed by atoms with E-state index in [1.54, 1.807) is 6.92 Å². The minimum atomic E-state index is -4.59. The molecule has 3 N–H and O–H groups in total. The first-order chi connectivity index (χ1) is 13.1. The van der Waals surface area contributed by atoms with Gasteiger partial charge in [0.1, 0.15) is 0 Å². The third kappa shape index (κ3) is 4.65. The van der Waals surface area contributed by atoms with E-state index in [4.69, 9.17) is 17.3 Å². The van der Waals surface area contributed by atoms with Gasteiger partial charge in [-0.25, -0.2) is 0 Å². The fourth-order valence-corrected chi connectivity index (χ4v) is 3.76. The number of nitrogens with two attached hydrogens (primary N) is 1. The Labute approximate surface area is 168 Å². The summed E-state index contributed by atoms with van der Waals surface area (Å²) in [4.78, 5) is 20.6. The Kier molecular flexibility index (Phi) is 5.96. The SMILES string of the molecule is C[C@@H](C(=O)Nc1ccc(Cl)c(C(F)(F)F)c1)N1CCN(c2nc(N)ns2)CC1. The molecule has 1 fully saturated rings. The number of hydrogen-bond donors (Lipinski definition) is 2. The quantitative estimate of drug-likeness (QED) is 0.769. The average molecular weight is 435 g/mol. The van der Waals surface area contributed by atoms with E-state index in [0.717, 1.165) is 17.3 Å². The summed E-state index contributed by atoms with van der Waals surface area (Å²) < 4.78 is 42.9. The number of halogens is 4. The van der Waals surface area contributed by atoms with Crippen molar-refractivity contribution >= 4 is 45.8 Å². The van der Waals surface area contributed by atoms with Gasteiger partial charge >= 0.3 is 6.18 Å². The highest BCUT2D eigenvalue weighted by atomic mass is 35.5. The number of carbonyl (C=O) groups is 1. The van der Waals surface area contributed by atoms with Crippen molar-refractivity contribution in [3.63, 3.8) is 0 Å². The number of hydrogen-bond acceptors (Lipinski definition) is 7. The van der Waals surface area contributed by atoms with Crippen LogP contribution in [0, 0.1) is 0 Å². The van der Waals surface area contributed by atoms with Gasteiger partial charge in [-0.2, -0.15) is 22.5 Å². The first kappa shape index (κ1) is 20.6. The van der Waals surface area contributed by atoms with Gasteiger partial charge in [0, 0.05) is 43.4 Å². The Morgan fingerprint density at radius 3 is 2.57 bits per heavy atom. The molecule has 0 aliphatic carbocycles. The molecule has 0 radical (unpaired) electrons. The average Bonchev–Trinajstić information content (AvgIpc) is 3.08. The Morgan fingerprint density at radius 2 is 2.00 bits per heavy atom. The first-order valence-electron chi connectivity index (χ1n) is 8.41. The van der Waals surface area contributed by atoms with Crippen LogP contribution < -0.4 is 16.0 Å². The molecule has 0 saturated carbocycles. The summed E-state index contributed by atoms with van der Waals surface area (Å²) in [6.45, 7) is 4.20. The van der Waals surface area contributed by atoms with E-state index in [0.29, 0.717) is 26.2 Å². The Bertz CT molecular complexity index is 853. The van der Waals surface area contributed by atoms with Crippen molar-refractivity contribution in [3.05, 3.63) is 28.8 Å². The second kappa shape index (κ2) is 8.10. The number of carbonyl (C=O) groups excluding carboxylic acids is 1. The molecule has 2 aromatic rings. The molecule has 1 aromatic heterocycles. The molecule has 0 unspecified atom stereocenters. The molecule has 28 heavy (non-hydrogen) atoms. The maximum atomic E-state index is 13.0. The lowest BCUT2D eigenvalue weighted by molar-refractivity contribution is -0.137. The highest BCUT2D eigenvalue weighted by Crippen LogP contribution is 2.36. The van der Waals surface area contributed by atoms with Crippen LogP contribution >= 0.6 is 23.1 Å². The van der Waals surface area contributed by atoms with E-state index in [-0.39, 0.29) is 17.5 Å². The van der Waals surface area contributed by atoms with E-state index < -0.39 is 22.8 Å². The second-order valence-corrected chi connectivity index (χ2v) is 7.45. The lowest BCUT2D eigenvalue weighted by atomic mass is 10.1. The number of rotatable bonds is 4. The largest absolute Gasteiger partial charge is 0.417 e. The molecular formula is C16H18ClF3N6OS. The molecule has 1 aliphatic heterocycles. The van der Waals surface area contributed by atoms with Crippen LogP contribution in [0.5, 0.6) is 0 Å². The molecule has 7 nitrogen and oxygen atoms in total. The normalized spacial score (nSPS) is 16.8. The molecule has 152 valence electrons. The van der Waals surface area contributed by atoms with Gasteiger partial charge in [-0.05, 0) is 25.1 Å². The summed E-state index contributed by atoms with van der Waals surface area (Å²) >= 11 is 6.82. The number of nitrogens with one attached hydrogen (secondary N) is 1. The number of nitrogen functional groups attached to an aromatic ring is 1. The summed E-state index contributed by atoms with van der Waals surface area (Å²) in [7, 11) is 0. The maximum Gasteiger partial charge on any atom is 0.417 e. The van der Waals surface area contributed by atoms with Crippen molar-refractivity contribution in [1.82, 2.24) is 14.3 Å². The van der Waals surface area contributed by atoms with Gasteiger partial charge in [0.05, 0.1) is 16.6 Å². The van der Waals surface area contributed by atoms with Gasteiger partial charge in [0.25, 0.3) is 0 Å². The molecular weight excluding hydrogens is 417 g/mol. The topological polar surface area (TPSA) is 87.4 Å². The number of aromatic nitrogens is 2. The van der Waals surface area contributed by atoms with E-state index >= 15 is 0 Å². The van der Waals surface area contributed by atoms with Crippen molar-refractivity contribution in [2.24, 2.45) is 0 Å². The fraction of sp³-hybridized carbons (Fsp3) is 0.438. The van der Waals surface area contributed by atoms with Crippen molar-refractivity contribution in [3.8, 4) is 0 Å². The fourth-order valence-electron chi connectivity index (χ4n) is 2.89. The minimum Gasteiger partial charge on any atom is -0.367 e. The predicted octanol–water partition coefficient (Wildman–Crippen LogP) is 2.94. The second-order valence-electron chi connectivity index (χ2n) is 6.32. The zero-order valence-electron chi connectivity index (χ0n) is 14.8. The maximum absolute atomic E-state index is 13.0. The lowest BCUT2D eigenvalue weighted by Crippen LogP contribution is -2.52. The van der Waals surface area contributed by atoms with Crippen molar-refractivity contribution in [2.45, 2.75) is 19.1 Å². The Morgan fingerprint density at radius 1 is 1.32 bits per heavy atom. The van der Waals surface area contributed by atoms with E-state index in [2.05, 4.69) is 14.7 Å². The van der Waals surface area contributed by atoms with Gasteiger partial charge in [0.15, 0.2) is 0 Å². The molecule has 3 rings (SSSR count). The molecule has 1 aromatic carbocycles. The number of alkyl halides is 3. The smallest absolute Gasteiger partial charge is 0.367 e. The minimum absolute atomic E-state index is 0.0524. The van der Waals surface area contributed by atoms with Gasteiger partial charge in [0.2, 0.25) is 17.0 Å². The molecule has 1 atom stereocenters. The number of nitrogens with zero attached hydrogens (tertiary/aromatic N) is 4. The monoisotopic (exact) mass is 434 g/mol. The van der Waals surface area contributed by atoms with Crippen molar-refractivity contribution in [2.75, 3.05) is 42.1 Å². The summed E-state index contributed by atoms with van der Waals surface area (Å²) in [6, 6.07) is 2.80. The number of anilines is 3. The Hall–Kier alpha value is -2.11. The third-order valence-electron chi connectivity index (χ3n) is 4.48. The number of amides is 1. The predicted molar refractivity (Wildman–Crippen MR) is 103 cm³/mol. The van der Waals surface area contributed by atoms with Crippen LogP contribution in [0.4, 0.5) is 29.9 Å². The number of benzene rings is 1. The van der Waals surface area contributed by atoms with Gasteiger partial charge in [-0.3, -0.25) is 9.69 Å². The summed E-state index contributed by atoms with van der Waals surface area (Å²) in [5.74, 6) is -0.152. The zero-order chi connectivity index (χ0) is 20.5. The molecule has 2 heterocycles. The third-order valence-corrected chi connectivity index (χ3v) is 5.60. The molecule has 1 amide bonds. The molecule has 0 spiro atoms. The number of piperazine rings is 1. The highest BCUT2D eigenvalue weighted by molar-refractivity contribution is 7.09. The van der Waals surface area contributed by atoms with Gasteiger partial charge in [-0.1, -0.05) is 11.6 Å². The van der Waals surface area contributed by atoms with E-state index in [1.165, 1.54) is 17.6 Å². The lowest BCUT2D eigenvalue weighted by Gasteiger charge is -2.37. The Balaban J connectivity index is 1.60. The molecule has 1 saturated heterocycles. The van der Waals surface area contributed by atoms with Gasteiger partial charge < -0.3 is 16.0 Å². The van der Waals surface area contributed by atoms with Crippen LogP contribution in [0.2, 0.25) is 5.02 Å². The summed E-state index contributed by atoms with van der Waals surface area (Å²) in [6.07, 6.45) is -4.59. The van der Waals surface area contributed by atoms with Gasteiger partial charge in [-0.15, -0.1) is 0 Å². The van der Waals surface area contributed by atoms with Crippen LogP contribution in [0.1, 0.15) is 12.5 Å². The van der Waals surface area contributed by atoms with Crippen LogP contribution in [0.3, 0.4) is 0 Å². The first-order valence-corrected chi connectivity index (χ1v) is 9.56. The van der Waals surface area contributed by atoms with Crippen LogP contribution in [-0.2, 0) is 11.0 Å². The van der Waals surface area contributed by atoms with Crippen molar-refractivity contribution in [1.29, 1.82) is 0 Å². The molecule has 0 bridgehead atoms. The van der Waals surface area contributed by atoms with E-state index in [9.17, 15) is 18.0 Å². The van der Waals surface area contributed by atoms with Crippen LogP contribution in [-0.4, -0.2) is 52.4 Å². The standard InChI is InChI=1S/C16H18ClF3N6OS/c1-9(25-4-6-26(7-5-25)15-23-14(21)24-28-15)13(27)22-10-2-3-12(17)11(8-10)16(18,19)20/h2-3,8-9H,4-7H2,1H3,(H2,21,24)(H,22,27)/t9-/m0/s1. The van der Waals surface area contributed by atoms with E-state index in [1.807, 2.05) is 9.80 Å². The molecule has 12 heteroatoms. The van der Waals surface area contributed by atoms with Crippen molar-refractivity contribution < 1.29 is 18.0 Å². The zero-order valence-corrected chi connectivity index (χ0v) is 16.4. The highest BCUT2D eigenvalue weighted by Gasteiger charge is 2.34. The summed E-state index contributed by atoms with van der Waals surface area (Å²) in [5, 5.41) is 2.86. The molecule has 1 aliphatic rings. The van der Waals surface area contributed by atoms with Crippen LogP contribution in [0.25, 0.3) is 0 Å².